The lowest BCUT2D eigenvalue weighted by molar-refractivity contribution is -0.137. The zero-order chi connectivity index (χ0) is 25.5. The van der Waals surface area contributed by atoms with Crippen LogP contribution >= 0.6 is 0 Å². The van der Waals surface area contributed by atoms with Crippen molar-refractivity contribution in [3.63, 3.8) is 0 Å². The Morgan fingerprint density at radius 2 is 1.49 bits per heavy atom. The predicted molar refractivity (Wildman–Crippen MR) is 135 cm³/mol. The van der Waals surface area contributed by atoms with Gasteiger partial charge in [-0.1, -0.05) is 62.4 Å². The summed E-state index contributed by atoms with van der Waals surface area (Å²) in [5.41, 5.74) is 4.62. The van der Waals surface area contributed by atoms with E-state index in [1.165, 1.54) is 11.1 Å². The van der Waals surface area contributed by atoms with Crippen LogP contribution in [-0.2, 0) is 14.3 Å². The number of ether oxygens (including phenoxy) is 1. The lowest BCUT2D eigenvalue weighted by Gasteiger charge is -2.28. The first-order valence-corrected chi connectivity index (χ1v) is 12.3. The predicted octanol–water partition coefficient (Wildman–Crippen LogP) is 4.95. The van der Waals surface area contributed by atoms with Gasteiger partial charge in [0.15, 0.2) is 0 Å². The molecule has 2 amide bonds. The van der Waals surface area contributed by atoms with Gasteiger partial charge in [-0.25, -0.2) is 4.79 Å². The van der Waals surface area contributed by atoms with Gasteiger partial charge in [-0.2, -0.15) is 0 Å². The zero-order valence-electron chi connectivity index (χ0n) is 20.9. The Morgan fingerprint density at radius 3 is 2.03 bits per heavy atom. The van der Waals surface area contributed by atoms with E-state index in [0.29, 0.717) is 12.8 Å². The van der Waals surface area contributed by atoms with Crippen molar-refractivity contribution in [2.45, 2.75) is 65.0 Å². The van der Waals surface area contributed by atoms with Crippen LogP contribution in [0, 0.1) is 11.8 Å². The van der Waals surface area contributed by atoms with E-state index in [-0.39, 0.29) is 36.8 Å². The Hall–Kier alpha value is -3.35. The molecule has 3 unspecified atom stereocenters. The molecule has 0 saturated heterocycles. The smallest absolute Gasteiger partial charge is 0.407 e. The molecular formula is C28H36N2O5. The Morgan fingerprint density at radius 1 is 0.914 bits per heavy atom. The molecule has 7 nitrogen and oxygen atoms in total. The molecule has 3 atom stereocenters. The third-order valence-electron chi connectivity index (χ3n) is 6.67. The number of carbonyl (C=O) groups excluding carboxylic acids is 2. The SMILES string of the molecule is CC(CCCC(=O)O)NC(=O)C(C(C)C)C(C)NC(=O)OCC1c2ccccc2-c2ccccc21. The molecule has 0 fully saturated rings. The summed E-state index contributed by atoms with van der Waals surface area (Å²) in [5, 5.41) is 14.6. The van der Waals surface area contributed by atoms with Crippen LogP contribution in [0.4, 0.5) is 4.79 Å². The van der Waals surface area contributed by atoms with Crippen LogP contribution in [0.2, 0.25) is 0 Å². The average Bonchev–Trinajstić information content (AvgIpc) is 3.11. The van der Waals surface area contributed by atoms with Crippen molar-refractivity contribution in [3.05, 3.63) is 59.7 Å². The first-order chi connectivity index (χ1) is 16.7. The molecular weight excluding hydrogens is 444 g/mol. The molecule has 0 spiro atoms. The molecule has 0 bridgehead atoms. The number of carboxylic acids is 1. The minimum Gasteiger partial charge on any atom is -0.481 e. The Bertz CT molecular complexity index is 1010. The monoisotopic (exact) mass is 480 g/mol. The maximum absolute atomic E-state index is 12.9. The summed E-state index contributed by atoms with van der Waals surface area (Å²) in [7, 11) is 0. The molecule has 1 aliphatic rings. The van der Waals surface area contributed by atoms with Crippen molar-refractivity contribution < 1.29 is 24.2 Å². The van der Waals surface area contributed by atoms with Gasteiger partial charge in [0.05, 0.1) is 5.92 Å². The quantitative estimate of drug-likeness (QED) is 0.422. The van der Waals surface area contributed by atoms with Crippen LogP contribution in [0.15, 0.2) is 48.5 Å². The van der Waals surface area contributed by atoms with Crippen LogP contribution < -0.4 is 10.6 Å². The largest absolute Gasteiger partial charge is 0.481 e. The molecule has 7 heteroatoms. The van der Waals surface area contributed by atoms with E-state index in [2.05, 4.69) is 34.9 Å². The van der Waals surface area contributed by atoms with Crippen LogP contribution in [0.25, 0.3) is 11.1 Å². The summed E-state index contributed by atoms with van der Waals surface area (Å²) in [6.07, 6.45) is 0.605. The van der Waals surface area contributed by atoms with Crippen LogP contribution in [-0.4, -0.2) is 41.8 Å². The van der Waals surface area contributed by atoms with Gasteiger partial charge in [0.25, 0.3) is 0 Å². The van der Waals surface area contributed by atoms with Gasteiger partial charge in [0.1, 0.15) is 6.61 Å². The van der Waals surface area contributed by atoms with Crippen LogP contribution in [0.5, 0.6) is 0 Å². The summed E-state index contributed by atoms with van der Waals surface area (Å²) in [6.45, 7) is 7.76. The molecule has 0 aliphatic heterocycles. The van der Waals surface area contributed by atoms with Gasteiger partial charge in [-0.15, -0.1) is 0 Å². The Balaban J connectivity index is 1.56. The molecule has 2 aromatic rings. The van der Waals surface area contributed by atoms with E-state index in [4.69, 9.17) is 9.84 Å². The van der Waals surface area contributed by atoms with Gasteiger partial charge in [0.2, 0.25) is 5.91 Å². The second-order valence-corrected chi connectivity index (χ2v) is 9.72. The number of carbonyl (C=O) groups is 3. The molecule has 0 radical (unpaired) electrons. The highest BCUT2D eigenvalue weighted by Gasteiger charge is 2.32. The topological polar surface area (TPSA) is 105 Å². The highest BCUT2D eigenvalue weighted by molar-refractivity contribution is 5.81. The molecule has 0 heterocycles. The minimum absolute atomic E-state index is 0.00916. The molecule has 0 saturated carbocycles. The number of hydrogen-bond acceptors (Lipinski definition) is 4. The van der Waals surface area contributed by atoms with Gasteiger partial charge in [0, 0.05) is 24.4 Å². The molecule has 188 valence electrons. The summed E-state index contributed by atoms with van der Waals surface area (Å²) >= 11 is 0. The second kappa shape index (κ2) is 11.9. The fraction of sp³-hybridized carbons (Fsp3) is 0.464. The Kier molecular flexibility index (Phi) is 8.90. The lowest BCUT2D eigenvalue weighted by atomic mass is 9.88. The summed E-state index contributed by atoms with van der Waals surface area (Å²) in [5.74, 6) is -1.49. The number of aliphatic carboxylic acids is 1. The standard InChI is InChI=1S/C28H36N2O5/c1-17(2)26(27(33)29-18(3)10-9-15-25(31)32)19(4)30-28(34)35-16-24-22-13-7-5-11-20(22)21-12-6-8-14-23(21)24/h5-8,11-14,17-19,24,26H,9-10,15-16H2,1-4H3,(H,29,33)(H,30,34)(H,31,32). The minimum atomic E-state index is -0.843. The van der Waals surface area contributed by atoms with Crippen LogP contribution in [0.3, 0.4) is 0 Å². The highest BCUT2D eigenvalue weighted by Crippen LogP contribution is 2.44. The summed E-state index contributed by atoms with van der Waals surface area (Å²) in [4.78, 5) is 36.3. The van der Waals surface area contributed by atoms with E-state index in [9.17, 15) is 14.4 Å². The second-order valence-electron chi connectivity index (χ2n) is 9.72. The first kappa shape index (κ1) is 26.3. The van der Waals surface area contributed by atoms with Crippen LogP contribution in [0.1, 0.15) is 64.0 Å². The van der Waals surface area contributed by atoms with Gasteiger partial charge < -0.3 is 20.5 Å². The number of alkyl carbamates (subject to hydrolysis) is 1. The van der Waals surface area contributed by atoms with Crippen molar-refractivity contribution in [1.29, 1.82) is 0 Å². The lowest BCUT2D eigenvalue weighted by Crippen LogP contribution is -2.49. The Labute approximate surface area is 207 Å². The molecule has 35 heavy (non-hydrogen) atoms. The van der Waals surface area contributed by atoms with E-state index < -0.39 is 24.0 Å². The number of nitrogens with one attached hydrogen (secondary N) is 2. The maximum atomic E-state index is 12.9. The van der Waals surface area contributed by atoms with E-state index in [1.807, 2.05) is 45.0 Å². The highest BCUT2D eigenvalue weighted by atomic mass is 16.5. The summed E-state index contributed by atoms with van der Waals surface area (Å²) in [6, 6.07) is 15.7. The fourth-order valence-corrected chi connectivity index (χ4v) is 4.99. The normalized spacial score (nSPS) is 15.0. The number of carboxylic acid groups (broad SMARTS) is 1. The van der Waals surface area contributed by atoms with E-state index in [0.717, 1.165) is 11.1 Å². The van der Waals surface area contributed by atoms with Crippen molar-refractivity contribution in [2.75, 3.05) is 6.61 Å². The maximum Gasteiger partial charge on any atom is 0.407 e. The van der Waals surface area contributed by atoms with Gasteiger partial charge in [-0.05, 0) is 54.9 Å². The number of benzene rings is 2. The fourth-order valence-electron chi connectivity index (χ4n) is 4.99. The van der Waals surface area contributed by atoms with Crippen molar-refractivity contribution in [1.82, 2.24) is 10.6 Å². The number of fused-ring (bicyclic) bond motifs is 3. The molecule has 3 rings (SSSR count). The number of rotatable bonds is 11. The van der Waals surface area contributed by atoms with E-state index in [1.54, 1.807) is 6.92 Å². The van der Waals surface area contributed by atoms with Crippen molar-refractivity contribution >= 4 is 18.0 Å². The van der Waals surface area contributed by atoms with E-state index >= 15 is 0 Å². The molecule has 3 N–H and O–H groups in total. The summed E-state index contributed by atoms with van der Waals surface area (Å²) < 4.78 is 5.64. The van der Waals surface area contributed by atoms with Gasteiger partial charge >= 0.3 is 12.1 Å². The molecule has 1 aliphatic carbocycles. The number of amides is 2. The van der Waals surface area contributed by atoms with Gasteiger partial charge in [-0.3, -0.25) is 9.59 Å². The van der Waals surface area contributed by atoms with Crippen molar-refractivity contribution in [2.24, 2.45) is 11.8 Å². The zero-order valence-corrected chi connectivity index (χ0v) is 20.9. The molecule has 2 aromatic carbocycles. The third-order valence-corrected chi connectivity index (χ3v) is 6.67. The first-order valence-electron chi connectivity index (χ1n) is 12.3. The van der Waals surface area contributed by atoms with Crippen molar-refractivity contribution in [3.8, 4) is 11.1 Å². The molecule has 0 aromatic heterocycles. The number of hydrogen-bond donors (Lipinski definition) is 3. The third kappa shape index (κ3) is 6.62. The average molecular weight is 481 g/mol.